The van der Waals surface area contributed by atoms with Crippen LogP contribution < -0.4 is 16.0 Å². The van der Waals surface area contributed by atoms with Gasteiger partial charge in [-0.25, -0.2) is 4.79 Å². The molecule has 0 radical (unpaired) electrons. The normalized spacial score (nSPS) is 12.6. The number of rotatable bonds is 7. The van der Waals surface area contributed by atoms with Crippen molar-refractivity contribution in [2.24, 2.45) is 5.92 Å². The van der Waals surface area contributed by atoms with Gasteiger partial charge in [0.1, 0.15) is 11.0 Å². The van der Waals surface area contributed by atoms with E-state index in [4.69, 9.17) is 0 Å². The Balaban J connectivity index is 1.67. The summed E-state index contributed by atoms with van der Waals surface area (Å²) in [6.45, 7) is 3.88. The van der Waals surface area contributed by atoms with Gasteiger partial charge < -0.3 is 10.6 Å². The van der Waals surface area contributed by atoms with E-state index in [0.717, 1.165) is 20.9 Å². The van der Waals surface area contributed by atoms with Gasteiger partial charge in [-0.15, -0.1) is 10.2 Å². The average Bonchev–Trinajstić information content (AvgIpc) is 3.21. The zero-order valence-corrected chi connectivity index (χ0v) is 20.8. The minimum Gasteiger partial charge on any atom is -0.326 e. The number of hydrogen-bond acceptors (Lipinski definition) is 5. The van der Waals surface area contributed by atoms with Crippen molar-refractivity contribution < 1.29 is 9.59 Å². The van der Waals surface area contributed by atoms with E-state index in [1.54, 1.807) is 12.1 Å². The Morgan fingerprint density at radius 1 is 1.03 bits per heavy atom. The second-order valence-corrected chi connectivity index (χ2v) is 9.69. The maximum atomic E-state index is 12.9. The van der Waals surface area contributed by atoms with Gasteiger partial charge in [0.2, 0.25) is 11.0 Å². The van der Waals surface area contributed by atoms with Crippen molar-refractivity contribution in [2.75, 3.05) is 10.6 Å². The van der Waals surface area contributed by atoms with Crippen molar-refractivity contribution in [1.29, 1.82) is 0 Å². The summed E-state index contributed by atoms with van der Waals surface area (Å²) in [6.07, 6.45) is 0.718. The summed E-state index contributed by atoms with van der Waals surface area (Å²) >= 11 is 8.07. The lowest BCUT2D eigenvalue weighted by Crippen LogP contribution is -2.49. The fourth-order valence-electron chi connectivity index (χ4n) is 2.74. The quantitative estimate of drug-likeness (QED) is 0.331. The first-order chi connectivity index (χ1) is 14.9. The van der Waals surface area contributed by atoms with Crippen LogP contribution >= 0.6 is 43.2 Å². The third kappa shape index (κ3) is 6.59. The number of urea groups is 1. The number of carbonyl (C=O) groups is 2. The Morgan fingerprint density at radius 2 is 1.77 bits per heavy atom. The summed E-state index contributed by atoms with van der Waals surface area (Å²) in [6, 6.07) is 13.7. The lowest BCUT2D eigenvalue weighted by Gasteiger charge is -2.23. The predicted molar refractivity (Wildman–Crippen MR) is 131 cm³/mol. The van der Waals surface area contributed by atoms with E-state index in [1.165, 1.54) is 11.3 Å². The number of aromatic nitrogens is 2. The Morgan fingerprint density at radius 3 is 2.45 bits per heavy atom. The van der Waals surface area contributed by atoms with Crippen LogP contribution in [0.5, 0.6) is 0 Å². The minimum absolute atomic E-state index is 0.0758. The van der Waals surface area contributed by atoms with Crippen LogP contribution in [0.3, 0.4) is 0 Å². The molecule has 0 unspecified atom stereocenters. The highest BCUT2D eigenvalue weighted by atomic mass is 79.9. The number of nitrogens with zero attached hydrogens (tertiary/aromatic N) is 2. The summed E-state index contributed by atoms with van der Waals surface area (Å²) in [7, 11) is 0. The summed E-state index contributed by atoms with van der Waals surface area (Å²) < 4.78 is 1.85. The first-order valence-electron chi connectivity index (χ1n) is 9.59. The third-order valence-electron chi connectivity index (χ3n) is 4.61. The standard InChI is InChI=1S/C21H21Br2N5O2S/c1-3-12(2)17(25-20(30)24-16-9-7-14(22)8-10-16)18(29)26-21-28-27-19(31-21)13-5-4-6-15(23)11-13/h4-12,17H,3H2,1-2H3,(H2,24,25,30)(H,26,28,29)/t12-,17+/m0/s1. The molecule has 0 aliphatic rings. The highest BCUT2D eigenvalue weighted by Gasteiger charge is 2.27. The molecule has 2 aromatic carbocycles. The Bertz CT molecular complexity index is 1060. The van der Waals surface area contributed by atoms with E-state index in [-0.39, 0.29) is 11.8 Å². The molecule has 2 atom stereocenters. The van der Waals surface area contributed by atoms with Crippen LogP contribution in [0.25, 0.3) is 10.6 Å². The zero-order chi connectivity index (χ0) is 22.4. The van der Waals surface area contributed by atoms with E-state index in [1.807, 2.05) is 50.2 Å². The molecule has 0 saturated carbocycles. The molecular formula is C21H21Br2N5O2S. The molecule has 31 heavy (non-hydrogen) atoms. The highest BCUT2D eigenvalue weighted by Crippen LogP contribution is 2.28. The SMILES string of the molecule is CC[C@H](C)[C@@H](NC(=O)Nc1ccc(Br)cc1)C(=O)Nc1nnc(-c2cccc(Br)c2)s1. The number of anilines is 2. The van der Waals surface area contributed by atoms with E-state index < -0.39 is 12.1 Å². The Labute approximate surface area is 201 Å². The van der Waals surface area contributed by atoms with Gasteiger partial charge in [0.15, 0.2) is 0 Å². The molecule has 3 rings (SSSR count). The number of halogens is 2. The molecule has 0 spiro atoms. The van der Waals surface area contributed by atoms with Crippen LogP contribution in [0.2, 0.25) is 0 Å². The van der Waals surface area contributed by atoms with Crippen LogP contribution in [-0.4, -0.2) is 28.2 Å². The van der Waals surface area contributed by atoms with Crippen LogP contribution in [0, 0.1) is 5.92 Å². The van der Waals surface area contributed by atoms with Gasteiger partial charge in [-0.1, -0.05) is 75.6 Å². The maximum Gasteiger partial charge on any atom is 0.319 e. The molecule has 0 aliphatic carbocycles. The molecule has 0 aliphatic heterocycles. The predicted octanol–water partition coefficient (Wildman–Crippen LogP) is 5.91. The number of amides is 3. The zero-order valence-electron chi connectivity index (χ0n) is 16.9. The molecule has 1 aromatic heterocycles. The molecule has 0 bridgehead atoms. The largest absolute Gasteiger partial charge is 0.326 e. The number of nitrogens with one attached hydrogen (secondary N) is 3. The summed E-state index contributed by atoms with van der Waals surface area (Å²) in [5.74, 6) is -0.412. The van der Waals surface area contributed by atoms with Gasteiger partial charge in [-0.2, -0.15) is 0 Å². The van der Waals surface area contributed by atoms with Gasteiger partial charge in [-0.3, -0.25) is 10.1 Å². The van der Waals surface area contributed by atoms with Crippen LogP contribution in [0.15, 0.2) is 57.5 Å². The summed E-state index contributed by atoms with van der Waals surface area (Å²) in [5, 5.41) is 17.6. The molecule has 3 N–H and O–H groups in total. The fraction of sp³-hybridized carbons (Fsp3) is 0.238. The highest BCUT2D eigenvalue weighted by molar-refractivity contribution is 9.10. The average molecular weight is 567 g/mol. The Hall–Kier alpha value is -2.30. The molecule has 3 amide bonds. The van der Waals surface area contributed by atoms with E-state index in [9.17, 15) is 9.59 Å². The van der Waals surface area contributed by atoms with Crippen molar-refractivity contribution >= 4 is 66.0 Å². The molecule has 162 valence electrons. The molecule has 3 aromatic rings. The first kappa shape index (κ1) is 23.4. The smallest absolute Gasteiger partial charge is 0.319 e. The van der Waals surface area contributed by atoms with Crippen molar-refractivity contribution in [3.63, 3.8) is 0 Å². The summed E-state index contributed by atoms with van der Waals surface area (Å²) in [5.41, 5.74) is 1.53. The summed E-state index contributed by atoms with van der Waals surface area (Å²) in [4.78, 5) is 25.4. The van der Waals surface area contributed by atoms with Gasteiger partial charge >= 0.3 is 6.03 Å². The van der Waals surface area contributed by atoms with Gasteiger partial charge in [0, 0.05) is 20.2 Å². The maximum absolute atomic E-state index is 12.9. The number of hydrogen-bond donors (Lipinski definition) is 3. The van der Waals surface area contributed by atoms with Crippen molar-refractivity contribution in [3.05, 3.63) is 57.5 Å². The first-order valence-corrected chi connectivity index (χ1v) is 12.0. The van der Waals surface area contributed by atoms with Crippen molar-refractivity contribution in [1.82, 2.24) is 15.5 Å². The molecular weight excluding hydrogens is 546 g/mol. The van der Waals surface area contributed by atoms with Crippen LogP contribution in [-0.2, 0) is 4.79 Å². The lowest BCUT2D eigenvalue weighted by atomic mass is 9.98. The second kappa shape index (κ2) is 10.8. The lowest BCUT2D eigenvalue weighted by molar-refractivity contribution is -0.119. The second-order valence-electron chi connectivity index (χ2n) is 6.88. The molecule has 1 heterocycles. The van der Waals surface area contributed by atoms with E-state index >= 15 is 0 Å². The van der Waals surface area contributed by atoms with Gasteiger partial charge in [0.05, 0.1) is 0 Å². The van der Waals surface area contributed by atoms with Gasteiger partial charge in [0.25, 0.3) is 0 Å². The molecule has 0 fully saturated rings. The minimum atomic E-state index is -0.723. The third-order valence-corrected chi connectivity index (χ3v) is 6.52. The van der Waals surface area contributed by atoms with Crippen molar-refractivity contribution in [2.45, 2.75) is 26.3 Å². The van der Waals surface area contributed by atoms with Crippen LogP contribution in [0.1, 0.15) is 20.3 Å². The Kier molecular flexibility index (Phi) is 8.16. The monoisotopic (exact) mass is 565 g/mol. The molecule has 7 nitrogen and oxygen atoms in total. The van der Waals surface area contributed by atoms with E-state index in [0.29, 0.717) is 15.8 Å². The number of benzene rings is 2. The van der Waals surface area contributed by atoms with Crippen LogP contribution in [0.4, 0.5) is 15.6 Å². The molecule has 0 saturated heterocycles. The van der Waals surface area contributed by atoms with Crippen molar-refractivity contribution in [3.8, 4) is 10.6 Å². The molecule has 10 heteroatoms. The van der Waals surface area contributed by atoms with Gasteiger partial charge in [-0.05, 0) is 42.3 Å². The topological polar surface area (TPSA) is 96.0 Å². The number of carbonyl (C=O) groups excluding carboxylic acids is 2. The fourth-order valence-corrected chi connectivity index (χ4v) is 4.15. The van der Waals surface area contributed by atoms with E-state index in [2.05, 4.69) is 58.0 Å².